The molecule has 0 spiro atoms. The van der Waals surface area contributed by atoms with Crippen molar-refractivity contribution in [3.8, 4) is 0 Å². The fourth-order valence-corrected chi connectivity index (χ4v) is 4.21. The van der Waals surface area contributed by atoms with Gasteiger partial charge in [-0.1, -0.05) is 18.2 Å². The van der Waals surface area contributed by atoms with E-state index in [-0.39, 0.29) is 11.8 Å². The van der Waals surface area contributed by atoms with Crippen LogP contribution < -0.4 is 15.1 Å². The van der Waals surface area contributed by atoms with Gasteiger partial charge < -0.3 is 15.1 Å². The van der Waals surface area contributed by atoms with E-state index in [9.17, 15) is 18.0 Å². The highest BCUT2D eigenvalue weighted by atomic mass is 19.4. The van der Waals surface area contributed by atoms with Crippen molar-refractivity contribution in [3.63, 3.8) is 0 Å². The molecule has 1 N–H and O–H groups in total. The number of amides is 1. The number of pyridine rings is 1. The zero-order valence-electron chi connectivity index (χ0n) is 16.7. The molecule has 2 aliphatic rings. The van der Waals surface area contributed by atoms with Gasteiger partial charge in [-0.3, -0.25) is 4.79 Å². The summed E-state index contributed by atoms with van der Waals surface area (Å²) < 4.78 is 38.0. The highest BCUT2D eigenvalue weighted by molar-refractivity contribution is 5.79. The number of aromatic nitrogens is 1. The lowest BCUT2D eigenvalue weighted by Gasteiger charge is -2.32. The Morgan fingerprint density at radius 3 is 2.57 bits per heavy atom. The SMILES string of the molecule is O=C(NCCN1CCc2ccccc21)C1CCN(c2ccc(C(F)(F)F)cn2)CC1. The van der Waals surface area contributed by atoms with Gasteiger partial charge in [-0.15, -0.1) is 0 Å². The van der Waals surface area contributed by atoms with Gasteiger partial charge in [-0.05, 0) is 43.0 Å². The van der Waals surface area contributed by atoms with Crippen molar-refractivity contribution in [1.82, 2.24) is 10.3 Å². The summed E-state index contributed by atoms with van der Waals surface area (Å²) in [6.45, 7) is 3.59. The summed E-state index contributed by atoms with van der Waals surface area (Å²) in [5.74, 6) is 0.513. The first-order valence-electron chi connectivity index (χ1n) is 10.3. The van der Waals surface area contributed by atoms with Gasteiger partial charge in [0, 0.05) is 50.5 Å². The second-order valence-corrected chi connectivity index (χ2v) is 7.82. The largest absolute Gasteiger partial charge is 0.417 e. The van der Waals surface area contributed by atoms with Crippen LogP contribution in [0.15, 0.2) is 42.6 Å². The first kappa shape index (κ1) is 20.5. The van der Waals surface area contributed by atoms with Crippen LogP contribution in [-0.2, 0) is 17.4 Å². The Labute approximate surface area is 173 Å². The molecule has 5 nitrogen and oxygen atoms in total. The topological polar surface area (TPSA) is 48.5 Å². The number of hydrogen-bond acceptors (Lipinski definition) is 4. The summed E-state index contributed by atoms with van der Waals surface area (Å²) in [5.41, 5.74) is 1.86. The van der Waals surface area contributed by atoms with E-state index in [1.165, 1.54) is 17.3 Å². The van der Waals surface area contributed by atoms with E-state index in [1.807, 2.05) is 11.0 Å². The predicted octanol–water partition coefficient (Wildman–Crippen LogP) is 3.50. The van der Waals surface area contributed by atoms with Gasteiger partial charge in [0.1, 0.15) is 5.82 Å². The molecule has 4 rings (SSSR count). The lowest BCUT2D eigenvalue weighted by atomic mass is 9.96. The molecule has 30 heavy (non-hydrogen) atoms. The fourth-order valence-electron chi connectivity index (χ4n) is 4.21. The third kappa shape index (κ3) is 4.52. The number of anilines is 2. The average molecular weight is 418 g/mol. The van der Waals surface area contributed by atoms with Crippen molar-refractivity contribution < 1.29 is 18.0 Å². The molecule has 1 fully saturated rings. The molecule has 3 heterocycles. The van der Waals surface area contributed by atoms with Crippen LogP contribution in [-0.4, -0.2) is 43.6 Å². The molecule has 0 saturated carbocycles. The number of para-hydroxylation sites is 1. The molecule has 1 amide bonds. The van der Waals surface area contributed by atoms with Crippen LogP contribution in [0.2, 0.25) is 0 Å². The lowest BCUT2D eigenvalue weighted by molar-refractivity contribution is -0.137. The highest BCUT2D eigenvalue weighted by Gasteiger charge is 2.31. The fraction of sp³-hybridized carbons (Fsp3) is 0.455. The van der Waals surface area contributed by atoms with Crippen LogP contribution >= 0.6 is 0 Å². The molecule has 1 saturated heterocycles. The Morgan fingerprint density at radius 1 is 1.10 bits per heavy atom. The van der Waals surface area contributed by atoms with E-state index in [0.29, 0.717) is 38.3 Å². The summed E-state index contributed by atoms with van der Waals surface area (Å²) >= 11 is 0. The van der Waals surface area contributed by atoms with Gasteiger partial charge in [0.2, 0.25) is 5.91 Å². The number of alkyl halides is 3. The van der Waals surface area contributed by atoms with E-state index in [1.54, 1.807) is 0 Å². The van der Waals surface area contributed by atoms with Crippen LogP contribution in [0.4, 0.5) is 24.7 Å². The second kappa shape index (κ2) is 8.53. The van der Waals surface area contributed by atoms with Gasteiger partial charge in [-0.2, -0.15) is 13.2 Å². The van der Waals surface area contributed by atoms with Crippen molar-refractivity contribution in [1.29, 1.82) is 0 Å². The number of fused-ring (bicyclic) bond motifs is 1. The zero-order valence-corrected chi connectivity index (χ0v) is 16.7. The van der Waals surface area contributed by atoms with E-state index in [4.69, 9.17) is 0 Å². The predicted molar refractivity (Wildman–Crippen MR) is 110 cm³/mol. The van der Waals surface area contributed by atoms with Gasteiger partial charge in [0.25, 0.3) is 0 Å². The average Bonchev–Trinajstić information content (AvgIpc) is 3.16. The molecule has 0 radical (unpaired) electrons. The number of carbonyl (C=O) groups excluding carboxylic acids is 1. The van der Waals surface area contributed by atoms with Crippen molar-refractivity contribution >= 4 is 17.4 Å². The van der Waals surface area contributed by atoms with Crippen molar-refractivity contribution in [3.05, 3.63) is 53.7 Å². The summed E-state index contributed by atoms with van der Waals surface area (Å²) in [6.07, 6.45) is -1.14. The maximum absolute atomic E-state index is 12.7. The first-order valence-corrected chi connectivity index (χ1v) is 10.3. The van der Waals surface area contributed by atoms with Gasteiger partial charge in [0.05, 0.1) is 5.56 Å². The molecule has 0 aliphatic carbocycles. The molecule has 1 aromatic heterocycles. The van der Waals surface area contributed by atoms with Gasteiger partial charge in [0.15, 0.2) is 0 Å². The lowest BCUT2D eigenvalue weighted by Crippen LogP contribution is -2.42. The maximum atomic E-state index is 12.7. The van der Waals surface area contributed by atoms with Gasteiger partial charge in [-0.25, -0.2) is 4.98 Å². The number of benzene rings is 1. The summed E-state index contributed by atoms with van der Waals surface area (Å²) in [6, 6.07) is 10.8. The Balaban J connectivity index is 1.22. The van der Waals surface area contributed by atoms with Crippen LogP contribution in [0.1, 0.15) is 24.0 Å². The number of halogens is 3. The Hall–Kier alpha value is -2.77. The van der Waals surface area contributed by atoms with Crippen LogP contribution in [0, 0.1) is 5.92 Å². The molecule has 2 aromatic rings. The minimum Gasteiger partial charge on any atom is -0.369 e. The van der Waals surface area contributed by atoms with E-state index >= 15 is 0 Å². The third-order valence-corrected chi connectivity index (χ3v) is 5.93. The van der Waals surface area contributed by atoms with Crippen LogP contribution in [0.3, 0.4) is 0 Å². The normalized spacial score (nSPS) is 17.2. The minimum atomic E-state index is -4.38. The molecule has 2 aliphatic heterocycles. The quantitative estimate of drug-likeness (QED) is 0.808. The monoisotopic (exact) mass is 418 g/mol. The Morgan fingerprint density at radius 2 is 1.87 bits per heavy atom. The molecule has 0 unspecified atom stereocenters. The molecule has 8 heteroatoms. The summed E-state index contributed by atoms with van der Waals surface area (Å²) in [5, 5.41) is 3.05. The number of hydrogen-bond donors (Lipinski definition) is 1. The van der Waals surface area contributed by atoms with E-state index < -0.39 is 11.7 Å². The van der Waals surface area contributed by atoms with Crippen molar-refractivity contribution in [2.75, 3.05) is 42.5 Å². The number of piperidine rings is 1. The Bertz CT molecular complexity index is 877. The molecule has 0 atom stereocenters. The zero-order chi connectivity index (χ0) is 21.1. The Kier molecular flexibility index (Phi) is 5.83. The van der Waals surface area contributed by atoms with E-state index in [0.717, 1.165) is 31.8 Å². The number of nitrogens with one attached hydrogen (secondary N) is 1. The van der Waals surface area contributed by atoms with E-state index in [2.05, 4.69) is 33.4 Å². The third-order valence-electron chi connectivity index (χ3n) is 5.93. The van der Waals surface area contributed by atoms with Crippen LogP contribution in [0.25, 0.3) is 0 Å². The van der Waals surface area contributed by atoms with Crippen LogP contribution in [0.5, 0.6) is 0 Å². The smallest absolute Gasteiger partial charge is 0.369 e. The number of nitrogens with zero attached hydrogens (tertiary/aromatic N) is 3. The first-order chi connectivity index (χ1) is 14.4. The highest BCUT2D eigenvalue weighted by Crippen LogP contribution is 2.30. The van der Waals surface area contributed by atoms with Gasteiger partial charge >= 0.3 is 6.18 Å². The number of rotatable bonds is 5. The minimum absolute atomic E-state index is 0.0579. The molecule has 1 aromatic carbocycles. The summed E-state index contributed by atoms with van der Waals surface area (Å²) in [4.78, 5) is 20.7. The molecular weight excluding hydrogens is 393 g/mol. The van der Waals surface area contributed by atoms with Crippen molar-refractivity contribution in [2.24, 2.45) is 5.92 Å². The van der Waals surface area contributed by atoms with Crippen molar-refractivity contribution in [2.45, 2.75) is 25.4 Å². The number of carbonyl (C=O) groups is 1. The standard InChI is InChI=1S/C22H25F3N4O/c23-22(24,25)18-5-6-20(27-15-18)29-12-8-17(9-13-29)21(30)26-10-14-28-11-7-16-3-1-2-4-19(16)28/h1-6,15,17H,7-14H2,(H,26,30). The summed E-state index contributed by atoms with van der Waals surface area (Å²) in [7, 11) is 0. The maximum Gasteiger partial charge on any atom is 0.417 e. The molecule has 160 valence electrons. The second-order valence-electron chi connectivity index (χ2n) is 7.82. The molecule has 0 bridgehead atoms. The molecular formula is C22H25F3N4O.